The van der Waals surface area contributed by atoms with E-state index in [1.165, 1.54) is 11.3 Å². The summed E-state index contributed by atoms with van der Waals surface area (Å²) in [5, 5.41) is 0. The Hall–Kier alpha value is -0.513. The number of alkyl halides is 3. The maximum atomic E-state index is 10.7. The van der Waals surface area contributed by atoms with Gasteiger partial charge in [-0.2, -0.15) is 13.2 Å². The van der Waals surface area contributed by atoms with Gasteiger partial charge in [-0.05, 0) is 17.8 Å². The lowest BCUT2D eigenvalue weighted by atomic mass is 10.2. The molecule has 9 heteroatoms. The SMILES string of the molecule is CC([S+](C)Cc1ccccc1)[Si](C)(C)C.O=S(=O)([O-])C(F)(F)F. The molecule has 0 aliphatic carbocycles. The van der Waals surface area contributed by atoms with E-state index in [1.54, 1.807) is 0 Å². The van der Waals surface area contributed by atoms with E-state index in [0.29, 0.717) is 10.9 Å². The second-order valence-electron chi connectivity index (χ2n) is 6.23. The van der Waals surface area contributed by atoms with Gasteiger partial charge in [0.25, 0.3) is 0 Å². The van der Waals surface area contributed by atoms with E-state index in [9.17, 15) is 13.2 Å². The van der Waals surface area contributed by atoms with Crippen molar-refractivity contribution in [2.75, 3.05) is 6.26 Å². The van der Waals surface area contributed by atoms with Crippen LogP contribution in [0.15, 0.2) is 30.3 Å². The first-order chi connectivity index (χ1) is 10.2. The number of halogens is 3. The second kappa shape index (κ2) is 8.54. The number of rotatable bonds is 4. The fourth-order valence-corrected chi connectivity index (χ4v) is 7.61. The summed E-state index contributed by atoms with van der Waals surface area (Å²) in [6, 6.07) is 10.9. The third-order valence-electron chi connectivity index (χ3n) is 3.34. The van der Waals surface area contributed by atoms with Gasteiger partial charge in [-0.25, -0.2) is 8.42 Å². The van der Waals surface area contributed by atoms with Gasteiger partial charge in [-0.1, -0.05) is 50.0 Å². The molecule has 0 spiro atoms. The summed E-state index contributed by atoms with van der Waals surface area (Å²) >= 11 is 0. The van der Waals surface area contributed by atoms with E-state index >= 15 is 0 Å². The summed E-state index contributed by atoms with van der Waals surface area (Å²) in [4.78, 5) is 0.915. The molecule has 0 fully saturated rings. The van der Waals surface area contributed by atoms with Crippen molar-refractivity contribution in [2.24, 2.45) is 0 Å². The highest BCUT2D eigenvalue weighted by Crippen LogP contribution is 2.21. The molecule has 0 amide bonds. The Labute approximate surface area is 140 Å². The van der Waals surface area contributed by atoms with Crippen LogP contribution in [-0.2, 0) is 26.8 Å². The normalized spacial score (nSPS) is 15.3. The Bertz CT molecular complexity index is 569. The number of benzene rings is 1. The highest BCUT2D eigenvalue weighted by Gasteiger charge is 2.37. The van der Waals surface area contributed by atoms with Crippen molar-refractivity contribution in [3.05, 3.63) is 35.9 Å². The van der Waals surface area contributed by atoms with Crippen molar-refractivity contribution in [3.8, 4) is 0 Å². The van der Waals surface area contributed by atoms with Crippen LogP contribution in [0.1, 0.15) is 12.5 Å². The molecular weight excluding hydrogens is 365 g/mol. The van der Waals surface area contributed by atoms with Gasteiger partial charge in [0.2, 0.25) is 0 Å². The van der Waals surface area contributed by atoms with Crippen LogP contribution < -0.4 is 0 Å². The maximum absolute atomic E-state index is 10.7. The molecule has 1 rings (SSSR count). The molecule has 0 aromatic heterocycles. The lowest BCUT2D eigenvalue weighted by Gasteiger charge is -2.23. The molecule has 0 aliphatic heterocycles. The fraction of sp³-hybridized carbons (Fsp3) is 0.571. The van der Waals surface area contributed by atoms with Crippen molar-refractivity contribution in [2.45, 2.75) is 42.7 Å². The predicted molar refractivity (Wildman–Crippen MR) is 92.0 cm³/mol. The van der Waals surface area contributed by atoms with Gasteiger partial charge in [0.1, 0.15) is 18.7 Å². The van der Waals surface area contributed by atoms with E-state index in [0.717, 1.165) is 4.87 Å². The molecule has 0 N–H and O–H groups in total. The molecule has 3 nitrogen and oxygen atoms in total. The van der Waals surface area contributed by atoms with Gasteiger partial charge in [0.15, 0.2) is 10.1 Å². The van der Waals surface area contributed by atoms with Crippen LogP contribution in [0.5, 0.6) is 0 Å². The minimum Gasteiger partial charge on any atom is -0.741 e. The Morgan fingerprint density at radius 2 is 1.57 bits per heavy atom. The van der Waals surface area contributed by atoms with Crippen LogP contribution in [0.4, 0.5) is 13.2 Å². The molecule has 23 heavy (non-hydrogen) atoms. The third kappa shape index (κ3) is 8.78. The monoisotopic (exact) mass is 388 g/mol. The molecular formula is C14H23F3O3S2Si. The largest absolute Gasteiger partial charge is 0.741 e. The summed E-state index contributed by atoms with van der Waals surface area (Å²) in [6.07, 6.45) is 2.43. The maximum Gasteiger partial charge on any atom is 0.485 e. The van der Waals surface area contributed by atoms with Crippen molar-refractivity contribution in [1.82, 2.24) is 0 Å². The standard InChI is InChI=1S/C13H23SSi.CHF3O3S/c1-12(15(3,4)5)14(2)11-13-9-7-6-8-10-13;2-1(3,4)8(5,6)7/h6-10,12H,11H2,1-5H3;(H,5,6,7)/q+1;/p-1. The van der Waals surface area contributed by atoms with Crippen LogP contribution >= 0.6 is 0 Å². The molecule has 1 aromatic carbocycles. The molecule has 134 valence electrons. The molecule has 0 saturated heterocycles. The molecule has 0 bridgehead atoms. The summed E-state index contributed by atoms with van der Waals surface area (Å²) in [5.41, 5.74) is -4.15. The first-order valence-corrected chi connectivity index (χ1v) is 13.7. The predicted octanol–water partition coefficient (Wildman–Crippen LogP) is 3.75. The van der Waals surface area contributed by atoms with Gasteiger partial charge >= 0.3 is 5.51 Å². The number of hydrogen-bond acceptors (Lipinski definition) is 3. The van der Waals surface area contributed by atoms with E-state index in [-0.39, 0.29) is 0 Å². The van der Waals surface area contributed by atoms with Crippen LogP contribution in [0.3, 0.4) is 0 Å². The van der Waals surface area contributed by atoms with Gasteiger partial charge < -0.3 is 4.55 Å². The van der Waals surface area contributed by atoms with Crippen molar-refractivity contribution in [3.63, 3.8) is 0 Å². The van der Waals surface area contributed by atoms with Gasteiger partial charge in [-0.15, -0.1) is 0 Å². The lowest BCUT2D eigenvalue weighted by Crippen LogP contribution is -2.41. The van der Waals surface area contributed by atoms with Crippen LogP contribution in [0.2, 0.25) is 19.6 Å². The molecule has 0 radical (unpaired) electrons. The summed E-state index contributed by atoms with van der Waals surface area (Å²) < 4.78 is 58.9. The summed E-state index contributed by atoms with van der Waals surface area (Å²) in [6.45, 7) is 9.88. The summed E-state index contributed by atoms with van der Waals surface area (Å²) in [5.74, 6) is 1.26. The van der Waals surface area contributed by atoms with Crippen molar-refractivity contribution in [1.29, 1.82) is 0 Å². The molecule has 2 unspecified atom stereocenters. The zero-order valence-corrected chi connectivity index (χ0v) is 16.5. The molecule has 0 aliphatic rings. The van der Waals surface area contributed by atoms with Crippen molar-refractivity contribution < 1.29 is 26.1 Å². The second-order valence-corrected chi connectivity index (χ2v) is 16.0. The molecule has 2 atom stereocenters. The molecule has 0 saturated carbocycles. The molecule has 1 aromatic rings. The zero-order chi connectivity index (χ0) is 18.5. The van der Waals surface area contributed by atoms with Crippen molar-refractivity contribution >= 4 is 29.1 Å². The Balaban J connectivity index is 0.000000515. The Morgan fingerprint density at radius 3 is 1.87 bits per heavy atom. The quantitative estimate of drug-likeness (QED) is 0.342. The first-order valence-electron chi connectivity index (χ1n) is 6.83. The topological polar surface area (TPSA) is 57.2 Å². The van der Waals surface area contributed by atoms with Gasteiger partial charge in [0, 0.05) is 5.56 Å². The molecule has 0 heterocycles. The highest BCUT2D eigenvalue weighted by molar-refractivity contribution is 7.97. The first kappa shape index (κ1) is 22.5. The smallest absolute Gasteiger partial charge is 0.485 e. The van der Waals surface area contributed by atoms with E-state index < -0.39 is 23.7 Å². The van der Waals surface area contributed by atoms with E-state index in [2.05, 4.69) is 63.2 Å². The average Bonchev–Trinajstić information content (AvgIpc) is 2.36. The fourth-order valence-electron chi connectivity index (χ4n) is 1.57. The minimum atomic E-state index is -6.09. The number of hydrogen-bond donors (Lipinski definition) is 0. The lowest BCUT2D eigenvalue weighted by molar-refractivity contribution is -0.0517. The zero-order valence-electron chi connectivity index (χ0n) is 13.8. The van der Waals surface area contributed by atoms with Crippen LogP contribution in [0.25, 0.3) is 0 Å². The summed E-state index contributed by atoms with van der Waals surface area (Å²) in [7, 11) is -6.53. The highest BCUT2D eigenvalue weighted by atomic mass is 32.2. The Morgan fingerprint density at radius 1 is 1.17 bits per heavy atom. The van der Waals surface area contributed by atoms with Gasteiger partial charge in [-0.3, -0.25) is 0 Å². The van der Waals surface area contributed by atoms with E-state index in [1.807, 2.05) is 0 Å². The van der Waals surface area contributed by atoms with Gasteiger partial charge in [0.05, 0.1) is 6.26 Å². The average molecular weight is 389 g/mol. The minimum absolute atomic E-state index is 0.527. The third-order valence-corrected chi connectivity index (χ3v) is 11.7. The Kier molecular flexibility index (Phi) is 8.35. The van der Waals surface area contributed by atoms with Crippen LogP contribution in [0, 0.1) is 0 Å². The van der Waals surface area contributed by atoms with E-state index in [4.69, 9.17) is 13.0 Å². The van der Waals surface area contributed by atoms with Crippen LogP contribution in [-0.4, -0.2) is 37.7 Å².